The summed E-state index contributed by atoms with van der Waals surface area (Å²) in [5, 5.41) is 3.62. The Balaban J connectivity index is 1.96. The lowest BCUT2D eigenvalue weighted by molar-refractivity contribution is -0.113. The number of hydrogen-bond acceptors (Lipinski definition) is 2. The van der Waals surface area contributed by atoms with Crippen LogP contribution >= 0.6 is 23.4 Å². The lowest BCUT2D eigenvalue weighted by Crippen LogP contribution is -2.14. The summed E-state index contributed by atoms with van der Waals surface area (Å²) in [6.07, 6.45) is 0. The number of anilines is 1. The van der Waals surface area contributed by atoms with Crippen LogP contribution in [0, 0.1) is 13.8 Å². The normalized spacial score (nSPS) is 10.3. The molecule has 2 aromatic carbocycles. The van der Waals surface area contributed by atoms with Crippen LogP contribution in [0.4, 0.5) is 5.69 Å². The quantitative estimate of drug-likeness (QED) is 0.830. The Hall–Kier alpha value is -1.45. The van der Waals surface area contributed by atoms with Crippen molar-refractivity contribution in [2.75, 3.05) is 11.1 Å². The van der Waals surface area contributed by atoms with Gasteiger partial charge in [-0.1, -0.05) is 35.9 Å². The number of nitrogens with one attached hydrogen (secondary N) is 1. The molecule has 0 aliphatic heterocycles. The number of carbonyl (C=O) groups is 1. The van der Waals surface area contributed by atoms with E-state index in [1.165, 1.54) is 11.8 Å². The minimum Gasteiger partial charge on any atom is -0.325 e. The molecular formula is C16H16ClNOS. The molecule has 0 heterocycles. The van der Waals surface area contributed by atoms with E-state index < -0.39 is 0 Å². The Morgan fingerprint density at radius 3 is 2.70 bits per heavy atom. The van der Waals surface area contributed by atoms with Crippen molar-refractivity contribution in [3.63, 3.8) is 0 Å². The van der Waals surface area contributed by atoms with Gasteiger partial charge in [-0.25, -0.2) is 0 Å². The van der Waals surface area contributed by atoms with Gasteiger partial charge in [0.05, 0.1) is 10.8 Å². The average Bonchev–Trinajstić information content (AvgIpc) is 2.42. The predicted molar refractivity (Wildman–Crippen MR) is 86.7 cm³/mol. The molecule has 0 aliphatic carbocycles. The average molecular weight is 306 g/mol. The predicted octanol–water partition coefficient (Wildman–Crippen LogP) is 4.69. The third-order valence-corrected chi connectivity index (χ3v) is 4.38. The first-order valence-corrected chi connectivity index (χ1v) is 7.67. The van der Waals surface area contributed by atoms with Crippen molar-refractivity contribution in [3.05, 3.63) is 58.6 Å². The molecule has 4 heteroatoms. The Morgan fingerprint density at radius 2 is 1.95 bits per heavy atom. The molecule has 1 N–H and O–H groups in total. The molecule has 2 aromatic rings. The summed E-state index contributed by atoms with van der Waals surface area (Å²) in [6.45, 7) is 3.99. The Kier molecular flexibility index (Phi) is 5.10. The third kappa shape index (κ3) is 4.02. The molecule has 0 aromatic heterocycles. The zero-order valence-corrected chi connectivity index (χ0v) is 13.0. The van der Waals surface area contributed by atoms with E-state index in [0.29, 0.717) is 10.8 Å². The fourth-order valence-electron chi connectivity index (χ4n) is 1.76. The van der Waals surface area contributed by atoms with Crippen molar-refractivity contribution in [3.8, 4) is 0 Å². The van der Waals surface area contributed by atoms with Crippen LogP contribution < -0.4 is 5.32 Å². The van der Waals surface area contributed by atoms with Crippen LogP contribution in [0.1, 0.15) is 11.1 Å². The Morgan fingerprint density at radius 1 is 1.20 bits per heavy atom. The summed E-state index contributed by atoms with van der Waals surface area (Å²) in [5.74, 6) is 0.320. The van der Waals surface area contributed by atoms with Crippen LogP contribution in [0.5, 0.6) is 0 Å². The van der Waals surface area contributed by atoms with E-state index in [-0.39, 0.29) is 5.91 Å². The van der Waals surface area contributed by atoms with Gasteiger partial charge in [-0.15, -0.1) is 11.8 Å². The minimum atomic E-state index is -0.0244. The monoisotopic (exact) mass is 305 g/mol. The Bertz CT molecular complexity index is 628. The second-order valence-electron chi connectivity index (χ2n) is 4.59. The van der Waals surface area contributed by atoms with Crippen molar-refractivity contribution >= 4 is 35.0 Å². The van der Waals surface area contributed by atoms with E-state index in [1.54, 1.807) is 0 Å². The van der Waals surface area contributed by atoms with Gasteiger partial charge in [0.1, 0.15) is 0 Å². The molecule has 0 fully saturated rings. The summed E-state index contributed by atoms with van der Waals surface area (Å²) in [7, 11) is 0. The standard InChI is InChI=1S/C16H16ClNOS/c1-11-7-8-12(2)14(9-11)18-16(19)10-20-15-6-4-3-5-13(15)17/h3-9H,10H2,1-2H3,(H,18,19). The fraction of sp³-hybridized carbons (Fsp3) is 0.188. The van der Waals surface area contributed by atoms with Gasteiger partial charge in [0.2, 0.25) is 5.91 Å². The van der Waals surface area contributed by atoms with Crippen molar-refractivity contribution in [1.29, 1.82) is 0 Å². The highest BCUT2D eigenvalue weighted by atomic mass is 35.5. The van der Waals surface area contributed by atoms with Gasteiger partial charge in [0.15, 0.2) is 0 Å². The second kappa shape index (κ2) is 6.82. The molecule has 0 unspecified atom stereocenters. The molecule has 0 spiro atoms. The fourth-order valence-corrected chi connectivity index (χ4v) is 2.80. The highest BCUT2D eigenvalue weighted by Crippen LogP contribution is 2.26. The summed E-state index contributed by atoms with van der Waals surface area (Å²) in [6, 6.07) is 13.5. The summed E-state index contributed by atoms with van der Waals surface area (Å²) in [5.41, 5.74) is 3.06. The third-order valence-electron chi connectivity index (χ3n) is 2.86. The highest BCUT2D eigenvalue weighted by Gasteiger charge is 2.07. The molecule has 0 saturated carbocycles. The van der Waals surface area contributed by atoms with Gasteiger partial charge >= 0.3 is 0 Å². The molecule has 0 saturated heterocycles. The zero-order valence-electron chi connectivity index (χ0n) is 11.4. The molecule has 0 aliphatic rings. The second-order valence-corrected chi connectivity index (χ2v) is 6.01. The zero-order chi connectivity index (χ0) is 14.5. The van der Waals surface area contributed by atoms with Crippen molar-refractivity contribution in [2.45, 2.75) is 18.7 Å². The minimum absolute atomic E-state index is 0.0244. The van der Waals surface area contributed by atoms with Gasteiger partial charge in [0.25, 0.3) is 0 Å². The number of hydrogen-bond donors (Lipinski definition) is 1. The van der Waals surface area contributed by atoms with Crippen LogP contribution in [-0.4, -0.2) is 11.7 Å². The van der Waals surface area contributed by atoms with Gasteiger partial charge in [-0.3, -0.25) is 4.79 Å². The van der Waals surface area contributed by atoms with Crippen molar-refractivity contribution in [2.24, 2.45) is 0 Å². The number of halogens is 1. The van der Waals surface area contributed by atoms with Gasteiger partial charge < -0.3 is 5.32 Å². The van der Waals surface area contributed by atoms with Crippen LogP contribution in [0.15, 0.2) is 47.4 Å². The van der Waals surface area contributed by atoms with E-state index in [9.17, 15) is 4.79 Å². The molecule has 0 radical (unpaired) electrons. The Labute approximate surface area is 128 Å². The summed E-state index contributed by atoms with van der Waals surface area (Å²) < 4.78 is 0. The maximum atomic E-state index is 12.0. The summed E-state index contributed by atoms with van der Waals surface area (Å²) in [4.78, 5) is 12.9. The molecule has 1 amide bonds. The van der Waals surface area contributed by atoms with Crippen LogP contribution in [0.2, 0.25) is 5.02 Å². The van der Waals surface area contributed by atoms with E-state index in [2.05, 4.69) is 5.32 Å². The number of benzene rings is 2. The van der Waals surface area contributed by atoms with Gasteiger partial charge in [-0.2, -0.15) is 0 Å². The van der Waals surface area contributed by atoms with E-state index in [1.807, 2.05) is 56.3 Å². The highest BCUT2D eigenvalue weighted by molar-refractivity contribution is 8.00. The van der Waals surface area contributed by atoms with Crippen molar-refractivity contribution in [1.82, 2.24) is 0 Å². The van der Waals surface area contributed by atoms with E-state index in [0.717, 1.165) is 21.7 Å². The first-order valence-electron chi connectivity index (χ1n) is 6.30. The number of aryl methyl sites for hydroxylation is 2. The number of rotatable bonds is 4. The van der Waals surface area contributed by atoms with Gasteiger partial charge in [-0.05, 0) is 43.2 Å². The lowest BCUT2D eigenvalue weighted by Gasteiger charge is -2.09. The molecule has 104 valence electrons. The van der Waals surface area contributed by atoms with E-state index in [4.69, 9.17) is 11.6 Å². The SMILES string of the molecule is Cc1ccc(C)c(NC(=O)CSc2ccccc2Cl)c1. The molecule has 2 nitrogen and oxygen atoms in total. The maximum Gasteiger partial charge on any atom is 0.234 e. The molecule has 0 bridgehead atoms. The largest absolute Gasteiger partial charge is 0.325 e. The van der Waals surface area contributed by atoms with E-state index >= 15 is 0 Å². The number of thioether (sulfide) groups is 1. The number of carbonyl (C=O) groups excluding carboxylic acids is 1. The first kappa shape index (κ1) is 14.9. The van der Waals surface area contributed by atoms with Gasteiger partial charge in [0, 0.05) is 10.6 Å². The first-order chi connectivity index (χ1) is 9.56. The maximum absolute atomic E-state index is 12.0. The summed E-state index contributed by atoms with van der Waals surface area (Å²) >= 11 is 7.50. The molecule has 2 rings (SSSR count). The topological polar surface area (TPSA) is 29.1 Å². The molecule has 20 heavy (non-hydrogen) atoms. The number of amides is 1. The van der Waals surface area contributed by atoms with Crippen LogP contribution in [0.25, 0.3) is 0 Å². The molecule has 0 atom stereocenters. The molecular weight excluding hydrogens is 290 g/mol. The lowest BCUT2D eigenvalue weighted by atomic mass is 10.1. The van der Waals surface area contributed by atoms with Crippen LogP contribution in [-0.2, 0) is 4.79 Å². The smallest absolute Gasteiger partial charge is 0.234 e. The van der Waals surface area contributed by atoms with Crippen LogP contribution in [0.3, 0.4) is 0 Å². The van der Waals surface area contributed by atoms with Crippen molar-refractivity contribution < 1.29 is 4.79 Å².